The Hall–Kier alpha value is -2.34. The SMILES string of the molecule is C[C@@H](NC(=O)c1cccc(C(F)(F)F)c1)[C@H](O)c1ccccc1. The van der Waals surface area contributed by atoms with Crippen LogP contribution in [0.5, 0.6) is 0 Å². The monoisotopic (exact) mass is 323 g/mol. The van der Waals surface area contributed by atoms with Crippen LogP contribution in [0.25, 0.3) is 0 Å². The molecule has 2 atom stereocenters. The Bertz CT molecular complexity index is 671. The number of benzene rings is 2. The molecule has 0 bridgehead atoms. The van der Waals surface area contributed by atoms with E-state index in [0.29, 0.717) is 5.56 Å². The van der Waals surface area contributed by atoms with Crippen LogP contribution in [0.4, 0.5) is 13.2 Å². The molecule has 0 aliphatic heterocycles. The van der Waals surface area contributed by atoms with Crippen molar-refractivity contribution in [3.8, 4) is 0 Å². The molecular weight excluding hydrogens is 307 g/mol. The third-order valence-corrected chi connectivity index (χ3v) is 3.43. The lowest BCUT2D eigenvalue weighted by atomic mass is 10.0. The predicted octanol–water partition coefficient (Wildman–Crippen LogP) is 3.56. The molecule has 0 aromatic heterocycles. The normalized spacial score (nSPS) is 14.1. The van der Waals surface area contributed by atoms with E-state index in [1.165, 1.54) is 12.1 Å². The Kier molecular flexibility index (Phi) is 5.05. The number of carbonyl (C=O) groups excluding carboxylic acids is 1. The fourth-order valence-electron chi connectivity index (χ4n) is 2.14. The highest BCUT2D eigenvalue weighted by atomic mass is 19.4. The van der Waals surface area contributed by atoms with Gasteiger partial charge < -0.3 is 10.4 Å². The summed E-state index contributed by atoms with van der Waals surface area (Å²) in [6.45, 7) is 1.59. The van der Waals surface area contributed by atoms with Crippen molar-refractivity contribution in [2.24, 2.45) is 0 Å². The van der Waals surface area contributed by atoms with Crippen LogP contribution in [0.2, 0.25) is 0 Å². The summed E-state index contributed by atoms with van der Waals surface area (Å²) in [5.41, 5.74) is -0.377. The van der Waals surface area contributed by atoms with Gasteiger partial charge in [-0.15, -0.1) is 0 Å². The average Bonchev–Trinajstić information content (AvgIpc) is 2.54. The van der Waals surface area contributed by atoms with Crippen LogP contribution in [0.1, 0.15) is 34.5 Å². The fraction of sp³-hybridized carbons (Fsp3) is 0.235. The van der Waals surface area contributed by atoms with E-state index in [0.717, 1.165) is 12.1 Å². The summed E-state index contributed by atoms with van der Waals surface area (Å²) in [5.74, 6) is -0.668. The summed E-state index contributed by atoms with van der Waals surface area (Å²) in [6.07, 6.45) is -5.46. The maximum Gasteiger partial charge on any atom is 0.416 e. The van der Waals surface area contributed by atoms with E-state index in [1.54, 1.807) is 37.3 Å². The lowest BCUT2D eigenvalue weighted by molar-refractivity contribution is -0.137. The third-order valence-electron chi connectivity index (χ3n) is 3.43. The van der Waals surface area contributed by atoms with Crippen molar-refractivity contribution in [1.29, 1.82) is 0 Å². The van der Waals surface area contributed by atoms with Crippen molar-refractivity contribution in [3.63, 3.8) is 0 Å². The van der Waals surface area contributed by atoms with Gasteiger partial charge in [0.05, 0.1) is 17.7 Å². The number of amides is 1. The fourth-order valence-corrected chi connectivity index (χ4v) is 2.14. The summed E-state index contributed by atoms with van der Waals surface area (Å²) in [5, 5.41) is 12.7. The molecule has 3 nitrogen and oxygen atoms in total. The van der Waals surface area contributed by atoms with E-state index < -0.39 is 29.8 Å². The van der Waals surface area contributed by atoms with Gasteiger partial charge in [-0.3, -0.25) is 4.79 Å². The number of aliphatic hydroxyl groups is 1. The average molecular weight is 323 g/mol. The number of nitrogens with one attached hydrogen (secondary N) is 1. The topological polar surface area (TPSA) is 49.3 Å². The first-order valence-corrected chi connectivity index (χ1v) is 7.00. The van der Waals surface area contributed by atoms with Gasteiger partial charge in [0.1, 0.15) is 0 Å². The van der Waals surface area contributed by atoms with Gasteiger partial charge in [0.2, 0.25) is 0 Å². The van der Waals surface area contributed by atoms with Crippen LogP contribution in [-0.2, 0) is 6.18 Å². The standard InChI is InChI=1S/C17H16F3NO2/c1-11(15(22)12-6-3-2-4-7-12)21-16(23)13-8-5-9-14(10-13)17(18,19)20/h2-11,15,22H,1H3,(H,21,23)/t11-,15+/m1/s1. The Labute approximate surface area is 131 Å². The molecule has 6 heteroatoms. The van der Waals surface area contributed by atoms with Crippen LogP contribution in [0.3, 0.4) is 0 Å². The molecule has 2 N–H and O–H groups in total. The smallest absolute Gasteiger partial charge is 0.386 e. The second-order valence-electron chi connectivity index (χ2n) is 5.20. The minimum Gasteiger partial charge on any atom is -0.386 e. The van der Waals surface area contributed by atoms with E-state index in [2.05, 4.69) is 5.32 Å². The Morgan fingerprint density at radius 3 is 2.35 bits per heavy atom. The number of halogens is 3. The van der Waals surface area contributed by atoms with E-state index in [1.807, 2.05) is 0 Å². The third kappa shape index (κ3) is 4.32. The molecule has 0 saturated carbocycles. The van der Waals surface area contributed by atoms with Crippen LogP contribution < -0.4 is 5.32 Å². The van der Waals surface area contributed by atoms with Gasteiger partial charge in [0.25, 0.3) is 5.91 Å². The summed E-state index contributed by atoms with van der Waals surface area (Å²) in [4.78, 5) is 12.1. The maximum atomic E-state index is 12.7. The minimum absolute atomic E-state index is 0.105. The van der Waals surface area contributed by atoms with Crippen LogP contribution in [0.15, 0.2) is 54.6 Å². The molecule has 0 aliphatic carbocycles. The number of aliphatic hydroxyl groups excluding tert-OH is 1. The lowest BCUT2D eigenvalue weighted by Crippen LogP contribution is -2.37. The number of hydrogen-bond acceptors (Lipinski definition) is 2. The Balaban J connectivity index is 2.10. The first kappa shape index (κ1) is 17.0. The molecule has 2 aromatic carbocycles. The molecule has 0 spiro atoms. The van der Waals surface area contributed by atoms with Gasteiger partial charge in [-0.05, 0) is 30.7 Å². The van der Waals surface area contributed by atoms with Gasteiger partial charge in [-0.1, -0.05) is 36.4 Å². The molecule has 0 saturated heterocycles. The van der Waals surface area contributed by atoms with Gasteiger partial charge in [-0.25, -0.2) is 0 Å². The summed E-state index contributed by atoms with van der Waals surface area (Å²) >= 11 is 0. The second kappa shape index (κ2) is 6.83. The summed E-state index contributed by atoms with van der Waals surface area (Å²) in [6, 6.07) is 12.2. The number of alkyl halides is 3. The quantitative estimate of drug-likeness (QED) is 0.904. The first-order chi connectivity index (χ1) is 10.8. The Morgan fingerprint density at radius 2 is 1.74 bits per heavy atom. The summed E-state index contributed by atoms with van der Waals surface area (Å²) < 4.78 is 38.0. The van der Waals surface area contributed by atoms with E-state index in [9.17, 15) is 23.1 Å². The molecule has 0 heterocycles. The molecule has 0 radical (unpaired) electrons. The van der Waals surface area contributed by atoms with Crippen molar-refractivity contribution in [2.75, 3.05) is 0 Å². The zero-order valence-corrected chi connectivity index (χ0v) is 12.3. The molecular formula is C17H16F3NO2. The van der Waals surface area contributed by atoms with Crippen LogP contribution >= 0.6 is 0 Å². The van der Waals surface area contributed by atoms with E-state index >= 15 is 0 Å². The van der Waals surface area contributed by atoms with Gasteiger partial charge >= 0.3 is 6.18 Å². The zero-order valence-electron chi connectivity index (χ0n) is 12.3. The number of hydrogen-bond donors (Lipinski definition) is 2. The molecule has 0 fully saturated rings. The molecule has 23 heavy (non-hydrogen) atoms. The number of rotatable bonds is 4. The lowest BCUT2D eigenvalue weighted by Gasteiger charge is -2.21. The maximum absolute atomic E-state index is 12.7. The van der Waals surface area contributed by atoms with Crippen molar-refractivity contribution in [3.05, 3.63) is 71.3 Å². The van der Waals surface area contributed by atoms with Crippen molar-refractivity contribution >= 4 is 5.91 Å². The first-order valence-electron chi connectivity index (χ1n) is 7.00. The largest absolute Gasteiger partial charge is 0.416 e. The van der Waals surface area contributed by atoms with Crippen molar-refractivity contribution in [2.45, 2.75) is 25.2 Å². The van der Waals surface area contributed by atoms with Gasteiger partial charge in [-0.2, -0.15) is 13.2 Å². The minimum atomic E-state index is -4.51. The van der Waals surface area contributed by atoms with Gasteiger partial charge in [0, 0.05) is 5.56 Å². The van der Waals surface area contributed by atoms with Gasteiger partial charge in [0.15, 0.2) is 0 Å². The molecule has 2 aromatic rings. The second-order valence-corrected chi connectivity index (χ2v) is 5.20. The summed E-state index contributed by atoms with van der Waals surface area (Å²) in [7, 11) is 0. The zero-order chi connectivity index (χ0) is 17.0. The van der Waals surface area contributed by atoms with E-state index in [4.69, 9.17) is 0 Å². The van der Waals surface area contributed by atoms with Crippen LogP contribution in [-0.4, -0.2) is 17.1 Å². The van der Waals surface area contributed by atoms with Crippen molar-refractivity contribution < 1.29 is 23.1 Å². The van der Waals surface area contributed by atoms with E-state index in [-0.39, 0.29) is 5.56 Å². The Morgan fingerprint density at radius 1 is 1.09 bits per heavy atom. The van der Waals surface area contributed by atoms with Crippen molar-refractivity contribution in [1.82, 2.24) is 5.32 Å². The number of carbonyl (C=O) groups is 1. The molecule has 122 valence electrons. The highest BCUT2D eigenvalue weighted by Crippen LogP contribution is 2.29. The highest BCUT2D eigenvalue weighted by Gasteiger charge is 2.31. The molecule has 0 unspecified atom stereocenters. The molecule has 0 aliphatic rings. The highest BCUT2D eigenvalue weighted by molar-refractivity contribution is 5.94. The predicted molar refractivity (Wildman–Crippen MR) is 79.8 cm³/mol. The molecule has 2 rings (SSSR count). The molecule has 1 amide bonds. The van der Waals surface area contributed by atoms with Crippen LogP contribution in [0, 0.1) is 0 Å².